The zero-order chi connectivity index (χ0) is 17.9. The molecule has 5 nitrogen and oxygen atoms in total. The number of carbonyl (C=O) groups excluding carboxylic acids is 1. The Morgan fingerprint density at radius 3 is 2.85 bits per heavy atom. The van der Waals surface area contributed by atoms with Crippen LogP contribution in [0.2, 0.25) is 0 Å². The molecule has 1 aliphatic rings. The summed E-state index contributed by atoms with van der Waals surface area (Å²) in [6.45, 7) is 0.722. The summed E-state index contributed by atoms with van der Waals surface area (Å²) in [7, 11) is 0. The number of para-hydroxylation sites is 1. The second kappa shape index (κ2) is 7.22. The van der Waals surface area contributed by atoms with E-state index in [4.69, 9.17) is 0 Å². The lowest BCUT2D eigenvalue weighted by Gasteiger charge is -2.29. The van der Waals surface area contributed by atoms with Crippen molar-refractivity contribution in [2.45, 2.75) is 25.4 Å². The van der Waals surface area contributed by atoms with E-state index in [-0.39, 0.29) is 18.7 Å². The molecule has 2 amide bonds. The molecule has 0 saturated carbocycles. The van der Waals surface area contributed by atoms with Crippen molar-refractivity contribution in [1.82, 2.24) is 15.2 Å². The van der Waals surface area contributed by atoms with Crippen LogP contribution in [0.1, 0.15) is 29.3 Å². The SMILES string of the molecule is O=C(NCc1cc2ccccc2[nH]1)N(CCO)[C@@H]1CCc2ccccc21. The Morgan fingerprint density at radius 1 is 1.19 bits per heavy atom. The summed E-state index contributed by atoms with van der Waals surface area (Å²) in [5, 5.41) is 13.6. The number of hydrogen-bond donors (Lipinski definition) is 3. The highest BCUT2D eigenvalue weighted by molar-refractivity contribution is 5.80. The quantitative estimate of drug-likeness (QED) is 0.661. The van der Waals surface area contributed by atoms with Crippen molar-refractivity contribution >= 4 is 16.9 Å². The molecule has 4 rings (SSSR count). The molecule has 0 spiro atoms. The summed E-state index contributed by atoms with van der Waals surface area (Å²) >= 11 is 0. The van der Waals surface area contributed by atoms with Gasteiger partial charge in [0, 0.05) is 17.8 Å². The number of aliphatic hydroxyl groups excluding tert-OH is 1. The molecule has 0 bridgehead atoms. The Bertz CT molecular complexity index is 885. The summed E-state index contributed by atoms with van der Waals surface area (Å²) < 4.78 is 0. The maximum absolute atomic E-state index is 12.8. The van der Waals surface area contributed by atoms with Gasteiger partial charge in [-0.15, -0.1) is 0 Å². The molecule has 0 unspecified atom stereocenters. The topological polar surface area (TPSA) is 68.4 Å². The minimum atomic E-state index is -0.139. The zero-order valence-corrected chi connectivity index (χ0v) is 14.6. The van der Waals surface area contributed by atoms with Gasteiger partial charge in [-0.05, 0) is 41.5 Å². The van der Waals surface area contributed by atoms with Crippen LogP contribution in [-0.4, -0.2) is 34.2 Å². The number of nitrogens with zero attached hydrogens (tertiary/aromatic N) is 1. The maximum Gasteiger partial charge on any atom is 0.318 e. The molecule has 3 aromatic rings. The number of H-pyrrole nitrogens is 1. The molecule has 0 fully saturated rings. The molecule has 0 radical (unpaired) electrons. The number of rotatable bonds is 5. The van der Waals surface area contributed by atoms with E-state index < -0.39 is 0 Å². The van der Waals surface area contributed by atoms with E-state index in [1.807, 2.05) is 36.4 Å². The van der Waals surface area contributed by atoms with Gasteiger partial charge in [-0.25, -0.2) is 4.79 Å². The van der Waals surface area contributed by atoms with E-state index in [1.54, 1.807) is 4.90 Å². The summed E-state index contributed by atoms with van der Waals surface area (Å²) in [6.07, 6.45) is 1.87. The molecule has 0 saturated heterocycles. The number of urea groups is 1. The second-order valence-corrected chi connectivity index (χ2v) is 6.71. The van der Waals surface area contributed by atoms with E-state index in [2.05, 4.69) is 28.5 Å². The molecule has 3 N–H and O–H groups in total. The van der Waals surface area contributed by atoms with Gasteiger partial charge >= 0.3 is 6.03 Å². The first-order chi connectivity index (χ1) is 12.8. The molecule has 1 aromatic heterocycles. The van der Waals surface area contributed by atoms with Crippen LogP contribution in [0.15, 0.2) is 54.6 Å². The van der Waals surface area contributed by atoms with Gasteiger partial charge in [0.05, 0.1) is 19.2 Å². The van der Waals surface area contributed by atoms with Gasteiger partial charge in [-0.2, -0.15) is 0 Å². The molecule has 26 heavy (non-hydrogen) atoms. The van der Waals surface area contributed by atoms with Gasteiger partial charge in [0.25, 0.3) is 0 Å². The third-order valence-electron chi connectivity index (χ3n) is 5.10. The zero-order valence-electron chi connectivity index (χ0n) is 14.6. The first-order valence-electron chi connectivity index (χ1n) is 9.06. The predicted octanol–water partition coefficient (Wildman–Crippen LogP) is 3.36. The van der Waals surface area contributed by atoms with Gasteiger partial charge in [0.15, 0.2) is 0 Å². The number of aryl methyl sites for hydroxylation is 1. The number of aromatic amines is 1. The van der Waals surface area contributed by atoms with E-state index in [9.17, 15) is 9.90 Å². The van der Waals surface area contributed by atoms with Crippen molar-refractivity contribution < 1.29 is 9.90 Å². The van der Waals surface area contributed by atoms with Gasteiger partial charge in [0.1, 0.15) is 0 Å². The Kier molecular flexibility index (Phi) is 4.63. The van der Waals surface area contributed by atoms with Gasteiger partial charge < -0.3 is 20.3 Å². The molecule has 1 heterocycles. The minimum absolute atomic E-state index is 0.0288. The number of benzene rings is 2. The summed E-state index contributed by atoms with van der Waals surface area (Å²) in [6, 6.07) is 18.2. The van der Waals surface area contributed by atoms with Crippen LogP contribution in [0.25, 0.3) is 10.9 Å². The molecular weight excluding hydrogens is 326 g/mol. The number of carbonyl (C=O) groups is 1. The molecule has 1 aliphatic carbocycles. The molecule has 0 aliphatic heterocycles. The van der Waals surface area contributed by atoms with Crippen molar-refractivity contribution in [3.63, 3.8) is 0 Å². The van der Waals surface area contributed by atoms with Crippen LogP contribution >= 0.6 is 0 Å². The number of fused-ring (bicyclic) bond motifs is 2. The van der Waals surface area contributed by atoms with Crippen molar-refractivity contribution in [2.75, 3.05) is 13.2 Å². The highest BCUT2D eigenvalue weighted by Gasteiger charge is 2.30. The van der Waals surface area contributed by atoms with Crippen LogP contribution < -0.4 is 5.32 Å². The lowest BCUT2D eigenvalue weighted by atomic mass is 10.1. The van der Waals surface area contributed by atoms with Crippen LogP contribution in [0.5, 0.6) is 0 Å². The lowest BCUT2D eigenvalue weighted by molar-refractivity contribution is 0.151. The summed E-state index contributed by atoms with van der Waals surface area (Å²) in [4.78, 5) is 17.9. The molecule has 2 aromatic carbocycles. The van der Waals surface area contributed by atoms with Crippen molar-refractivity contribution in [3.05, 3.63) is 71.4 Å². The van der Waals surface area contributed by atoms with Crippen molar-refractivity contribution in [2.24, 2.45) is 0 Å². The molecule has 1 atom stereocenters. The maximum atomic E-state index is 12.8. The van der Waals surface area contributed by atoms with E-state index >= 15 is 0 Å². The predicted molar refractivity (Wildman–Crippen MR) is 102 cm³/mol. The molecule has 134 valence electrons. The fourth-order valence-electron chi connectivity index (χ4n) is 3.87. The third kappa shape index (κ3) is 3.18. The summed E-state index contributed by atoms with van der Waals surface area (Å²) in [5.74, 6) is 0. The standard InChI is InChI=1S/C21H23N3O2/c25-12-11-24(20-10-9-15-5-1-3-7-18(15)20)21(26)22-14-17-13-16-6-2-4-8-19(16)23-17/h1-8,13,20,23,25H,9-12,14H2,(H,22,26)/t20-/m1/s1. The first kappa shape index (κ1) is 16.7. The second-order valence-electron chi connectivity index (χ2n) is 6.71. The Hall–Kier alpha value is -2.79. The highest BCUT2D eigenvalue weighted by atomic mass is 16.3. The number of aromatic nitrogens is 1. The van der Waals surface area contributed by atoms with Crippen LogP contribution in [-0.2, 0) is 13.0 Å². The van der Waals surface area contributed by atoms with Crippen LogP contribution in [0, 0.1) is 0 Å². The molecular formula is C21H23N3O2. The smallest absolute Gasteiger partial charge is 0.318 e. The largest absolute Gasteiger partial charge is 0.395 e. The number of aliphatic hydroxyl groups is 1. The minimum Gasteiger partial charge on any atom is -0.395 e. The van der Waals surface area contributed by atoms with Gasteiger partial charge in [-0.1, -0.05) is 42.5 Å². The number of nitrogens with one attached hydrogen (secondary N) is 2. The average molecular weight is 349 g/mol. The van der Waals surface area contributed by atoms with E-state index in [0.29, 0.717) is 13.1 Å². The third-order valence-corrected chi connectivity index (χ3v) is 5.10. The number of hydrogen-bond acceptors (Lipinski definition) is 2. The van der Waals surface area contributed by atoms with E-state index in [1.165, 1.54) is 11.1 Å². The monoisotopic (exact) mass is 349 g/mol. The fraction of sp³-hybridized carbons (Fsp3) is 0.286. The molecule has 5 heteroatoms. The van der Waals surface area contributed by atoms with Crippen LogP contribution in [0.3, 0.4) is 0 Å². The Labute approximate surface area is 152 Å². The summed E-state index contributed by atoms with van der Waals surface area (Å²) in [5.41, 5.74) is 4.52. The van der Waals surface area contributed by atoms with Gasteiger partial charge in [0.2, 0.25) is 0 Å². The van der Waals surface area contributed by atoms with Gasteiger partial charge in [-0.3, -0.25) is 0 Å². The average Bonchev–Trinajstić information content (AvgIpc) is 3.28. The lowest BCUT2D eigenvalue weighted by Crippen LogP contribution is -2.43. The van der Waals surface area contributed by atoms with Crippen molar-refractivity contribution in [3.8, 4) is 0 Å². The number of amides is 2. The van der Waals surface area contributed by atoms with Crippen molar-refractivity contribution in [1.29, 1.82) is 0 Å². The normalized spacial score (nSPS) is 15.8. The highest BCUT2D eigenvalue weighted by Crippen LogP contribution is 2.35. The fourth-order valence-corrected chi connectivity index (χ4v) is 3.87. The Balaban J connectivity index is 1.47. The van der Waals surface area contributed by atoms with Crippen LogP contribution in [0.4, 0.5) is 4.79 Å². The van der Waals surface area contributed by atoms with E-state index in [0.717, 1.165) is 29.4 Å². The Morgan fingerprint density at radius 2 is 2.00 bits per heavy atom. The first-order valence-corrected chi connectivity index (χ1v) is 9.06.